The molecule has 16 heavy (non-hydrogen) atoms. The van der Waals surface area contributed by atoms with Crippen LogP contribution in [0.25, 0.3) is 0 Å². The predicted octanol–water partition coefficient (Wildman–Crippen LogP) is 2.23. The molecule has 0 saturated heterocycles. The van der Waals surface area contributed by atoms with Crippen molar-refractivity contribution in [2.45, 2.75) is 32.3 Å². The lowest BCUT2D eigenvalue weighted by molar-refractivity contribution is 0.0635. The molecule has 0 aliphatic rings. The number of hydrogen-bond acceptors (Lipinski definition) is 4. The van der Waals surface area contributed by atoms with Gasteiger partial charge in [0.25, 0.3) is 0 Å². The predicted molar refractivity (Wildman–Crippen MR) is 61.0 cm³/mol. The van der Waals surface area contributed by atoms with Crippen LogP contribution in [0.3, 0.4) is 0 Å². The minimum absolute atomic E-state index is 0.0105. The summed E-state index contributed by atoms with van der Waals surface area (Å²) in [4.78, 5) is 7.19. The zero-order valence-electron chi connectivity index (χ0n) is 9.30. The average molecular weight is 248 g/mol. The summed E-state index contributed by atoms with van der Waals surface area (Å²) in [5.74, 6) is -0.576. The number of aromatic nitrogens is 2. The van der Waals surface area contributed by atoms with Crippen molar-refractivity contribution >= 4 is 17.4 Å². The van der Waals surface area contributed by atoms with E-state index in [-0.39, 0.29) is 17.6 Å². The van der Waals surface area contributed by atoms with Crippen LogP contribution in [0.1, 0.15) is 26.7 Å². The van der Waals surface area contributed by atoms with Crippen LogP contribution in [0.4, 0.5) is 10.2 Å². The Hall–Kier alpha value is -0.940. The van der Waals surface area contributed by atoms with Gasteiger partial charge in [-0.15, -0.1) is 0 Å². The number of nitrogens with one attached hydrogen (secondary N) is 1. The van der Waals surface area contributed by atoms with E-state index in [0.717, 1.165) is 12.6 Å². The first-order valence-corrected chi connectivity index (χ1v) is 5.46. The number of nitrogens with zero attached hydrogens (tertiary/aromatic N) is 2. The summed E-state index contributed by atoms with van der Waals surface area (Å²) >= 11 is 5.54. The topological polar surface area (TPSA) is 58.0 Å². The molecule has 1 aromatic rings. The van der Waals surface area contributed by atoms with Crippen molar-refractivity contribution in [2.24, 2.45) is 0 Å². The van der Waals surface area contributed by atoms with E-state index >= 15 is 0 Å². The zero-order chi connectivity index (χ0) is 12.2. The molecule has 0 saturated carbocycles. The normalized spacial score (nSPS) is 14.6. The fourth-order valence-electron chi connectivity index (χ4n) is 1.37. The number of halogens is 2. The first-order chi connectivity index (χ1) is 7.44. The van der Waals surface area contributed by atoms with Gasteiger partial charge in [-0.1, -0.05) is 13.3 Å². The van der Waals surface area contributed by atoms with E-state index < -0.39 is 11.4 Å². The molecule has 1 heterocycles. The molecule has 90 valence electrons. The Bertz CT molecular complexity index is 360. The molecule has 0 fully saturated rings. The molecule has 1 aromatic heterocycles. The van der Waals surface area contributed by atoms with Gasteiger partial charge < -0.3 is 10.4 Å². The minimum atomic E-state index is -0.890. The standard InChI is InChI=1S/C10H15ClFN3O/c1-3-4-10(2,16)6-14-8-7(12)5-13-9(11)15-8/h5,16H,3-4,6H2,1-2H3,(H,13,14,15). The highest BCUT2D eigenvalue weighted by Crippen LogP contribution is 2.16. The lowest BCUT2D eigenvalue weighted by atomic mass is 10.0. The molecule has 0 aliphatic carbocycles. The van der Waals surface area contributed by atoms with E-state index in [0.29, 0.717) is 6.42 Å². The second kappa shape index (κ2) is 5.41. The van der Waals surface area contributed by atoms with Crippen molar-refractivity contribution < 1.29 is 9.50 Å². The van der Waals surface area contributed by atoms with E-state index in [2.05, 4.69) is 15.3 Å². The van der Waals surface area contributed by atoms with Gasteiger partial charge in [-0.3, -0.25) is 0 Å². The minimum Gasteiger partial charge on any atom is -0.388 e. The Labute approximate surface area is 98.9 Å². The Balaban J connectivity index is 2.63. The summed E-state index contributed by atoms with van der Waals surface area (Å²) in [5.41, 5.74) is -0.890. The molecule has 2 N–H and O–H groups in total. The molecular weight excluding hydrogens is 233 g/mol. The summed E-state index contributed by atoms with van der Waals surface area (Å²) in [5, 5.41) is 12.6. The third kappa shape index (κ3) is 3.90. The number of hydrogen-bond donors (Lipinski definition) is 2. The third-order valence-electron chi connectivity index (χ3n) is 2.14. The summed E-state index contributed by atoms with van der Waals surface area (Å²) in [6.45, 7) is 3.87. The average Bonchev–Trinajstić information content (AvgIpc) is 2.19. The van der Waals surface area contributed by atoms with Crippen molar-refractivity contribution in [1.82, 2.24) is 9.97 Å². The second-order valence-electron chi connectivity index (χ2n) is 3.94. The fourth-order valence-corrected chi connectivity index (χ4v) is 1.50. The first kappa shape index (κ1) is 13.1. The fraction of sp³-hybridized carbons (Fsp3) is 0.600. The largest absolute Gasteiger partial charge is 0.388 e. The van der Waals surface area contributed by atoms with Crippen LogP contribution in [0.5, 0.6) is 0 Å². The van der Waals surface area contributed by atoms with Crippen molar-refractivity contribution in [3.05, 3.63) is 17.3 Å². The number of anilines is 1. The highest BCUT2D eigenvalue weighted by molar-refractivity contribution is 6.28. The Kier molecular flexibility index (Phi) is 4.44. The van der Waals surface area contributed by atoms with Crippen LogP contribution in [-0.4, -0.2) is 27.2 Å². The van der Waals surface area contributed by atoms with Gasteiger partial charge in [-0.25, -0.2) is 9.37 Å². The molecule has 0 radical (unpaired) electrons. The number of aliphatic hydroxyl groups is 1. The molecule has 0 bridgehead atoms. The van der Waals surface area contributed by atoms with Gasteiger partial charge in [0.1, 0.15) is 0 Å². The molecule has 4 nitrogen and oxygen atoms in total. The van der Waals surface area contributed by atoms with Crippen LogP contribution in [0, 0.1) is 5.82 Å². The molecule has 0 aliphatic heterocycles. The maximum Gasteiger partial charge on any atom is 0.224 e. The SMILES string of the molecule is CCCC(C)(O)CNc1nc(Cl)ncc1F. The summed E-state index contributed by atoms with van der Waals surface area (Å²) in [7, 11) is 0. The zero-order valence-corrected chi connectivity index (χ0v) is 10.1. The Morgan fingerprint density at radius 1 is 1.62 bits per heavy atom. The van der Waals surface area contributed by atoms with Crippen molar-refractivity contribution in [1.29, 1.82) is 0 Å². The summed E-state index contributed by atoms with van der Waals surface area (Å²) < 4.78 is 13.2. The van der Waals surface area contributed by atoms with E-state index in [1.807, 2.05) is 6.92 Å². The maximum absolute atomic E-state index is 13.2. The molecule has 1 atom stereocenters. The molecule has 0 amide bonds. The van der Waals surface area contributed by atoms with Gasteiger partial charge in [0.15, 0.2) is 11.6 Å². The summed E-state index contributed by atoms with van der Waals surface area (Å²) in [6.07, 6.45) is 2.47. The lowest BCUT2D eigenvalue weighted by Gasteiger charge is -2.23. The molecule has 0 spiro atoms. The number of rotatable bonds is 5. The van der Waals surface area contributed by atoms with Crippen LogP contribution < -0.4 is 5.32 Å². The monoisotopic (exact) mass is 247 g/mol. The molecule has 0 aromatic carbocycles. The lowest BCUT2D eigenvalue weighted by Crippen LogP contribution is -2.33. The van der Waals surface area contributed by atoms with Gasteiger partial charge in [0.2, 0.25) is 5.28 Å². The van der Waals surface area contributed by atoms with Crippen LogP contribution >= 0.6 is 11.6 Å². The third-order valence-corrected chi connectivity index (χ3v) is 2.32. The van der Waals surface area contributed by atoms with Gasteiger partial charge in [-0.05, 0) is 24.9 Å². The van der Waals surface area contributed by atoms with Gasteiger partial charge in [0.05, 0.1) is 11.8 Å². The van der Waals surface area contributed by atoms with E-state index in [9.17, 15) is 9.50 Å². The van der Waals surface area contributed by atoms with E-state index in [4.69, 9.17) is 11.6 Å². The quantitative estimate of drug-likeness (QED) is 0.784. The molecule has 1 unspecified atom stereocenters. The van der Waals surface area contributed by atoms with Crippen molar-refractivity contribution in [2.75, 3.05) is 11.9 Å². The summed E-state index contributed by atoms with van der Waals surface area (Å²) in [6, 6.07) is 0. The molecule has 1 rings (SSSR count). The van der Waals surface area contributed by atoms with Crippen molar-refractivity contribution in [3.63, 3.8) is 0 Å². The van der Waals surface area contributed by atoms with Gasteiger partial charge in [-0.2, -0.15) is 4.98 Å². The second-order valence-corrected chi connectivity index (χ2v) is 4.27. The van der Waals surface area contributed by atoms with Crippen LogP contribution in [0.15, 0.2) is 6.20 Å². The van der Waals surface area contributed by atoms with Crippen molar-refractivity contribution in [3.8, 4) is 0 Å². The molecular formula is C10H15ClFN3O. The van der Waals surface area contributed by atoms with Gasteiger partial charge >= 0.3 is 0 Å². The highest BCUT2D eigenvalue weighted by atomic mass is 35.5. The van der Waals surface area contributed by atoms with Crippen LogP contribution in [0.2, 0.25) is 5.28 Å². The van der Waals surface area contributed by atoms with Gasteiger partial charge in [0, 0.05) is 6.54 Å². The van der Waals surface area contributed by atoms with Crippen LogP contribution in [-0.2, 0) is 0 Å². The molecule has 6 heteroatoms. The first-order valence-electron chi connectivity index (χ1n) is 5.09. The smallest absolute Gasteiger partial charge is 0.224 e. The Morgan fingerprint density at radius 2 is 2.31 bits per heavy atom. The maximum atomic E-state index is 13.2. The van der Waals surface area contributed by atoms with E-state index in [1.54, 1.807) is 6.92 Å². The van der Waals surface area contributed by atoms with E-state index in [1.165, 1.54) is 0 Å². The highest BCUT2D eigenvalue weighted by Gasteiger charge is 2.19. The Morgan fingerprint density at radius 3 is 2.94 bits per heavy atom.